The van der Waals surface area contributed by atoms with Crippen LogP contribution in [0.5, 0.6) is 0 Å². The first-order valence-corrected chi connectivity index (χ1v) is 6.00. The number of hydrogen-bond donors (Lipinski definition) is 1. The molecule has 0 radical (unpaired) electrons. The van der Waals surface area contributed by atoms with Crippen molar-refractivity contribution in [3.63, 3.8) is 0 Å². The second-order valence-corrected chi connectivity index (χ2v) is 5.61. The second kappa shape index (κ2) is 4.33. The quantitative estimate of drug-likeness (QED) is 0.860. The van der Waals surface area contributed by atoms with Gasteiger partial charge in [0, 0.05) is 18.0 Å². The van der Waals surface area contributed by atoms with Gasteiger partial charge in [-0.25, -0.2) is 13.8 Å². The number of aromatic nitrogens is 2. The number of imidazole rings is 1. The van der Waals surface area contributed by atoms with Crippen molar-refractivity contribution in [3.8, 4) is 11.3 Å². The van der Waals surface area contributed by atoms with Gasteiger partial charge in [-0.2, -0.15) is 0 Å². The maximum atomic E-state index is 13.3. The van der Waals surface area contributed by atoms with E-state index in [0.29, 0.717) is 17.1 Å². The SMILES string of the molecule is Cn1c(C(C)(C)C)nc(-c2ccc(F)c(F)c2)c1N. The number of anilines is 1. The monoisotopic (exact) mass is 265 g/mol. The fourth-order valence-corrected chi connectivity index (χ4v) is 2.04. The topological polar surface area (TPSA) is 43.8 Å². The number of nitrogens with zero attached hydrogens (tertiary/aromatic N) is 2. The van der Waals surface area contributed by atoms with Crippen molar-refractivity contribution < 1.29 is 8.78 Å². The number of benzene rings is 1. The molecule has 3 nitrogen and oxygen atoms in total. The van der Waals surface area contributed by atoms with E-state index in [1.54, 1.807) is 4.57 Å². The highest BCUT2D eigenvalue weighted by molar-refractivity contribution is 5.71. The minimum absolute atomic E-state index is 0.181. The van der Waals surface area contributed by atoms with Crippen LogP contribution in [0.15, 0.2) is 18.2 Å². The summed E-state index contributed by atoms with van der Waals surface area (Å²) in [5.41, 5.74) is 6.78. The molecule has 0 aliphatic heterocycles. The number of halogens is 2. The lowest BCUT2D eigenvalue weighted by Crippen LogP contribution is -2.17. The van der Waals surface area contributed by atoms with Gasteiger partial charge in [0.1, 0.15) is 17.3 Å². The minimum atomic E-state index is -0.903. The molecule has 0 spiro atoms. The summed E-state index contributed by atoms with van der Waals surface area (Å²) in [5.74, 6) is -0.546. The predicted molar refractivity (Wildman–Crippen MR) is 71.7 cm³/mol. The first-order chi connectivity index (χ1) is 8.71. The van der Waals surface area contributed by atoms with E-state index in [1.807, 2.05) is 27.8 Å². The molecule has 0 bridgehead atoms. The molecule has 0 unspecified atom stereocenters. The zero-order chi connectivity index (χ0) is 14.4. The summed E-state index contributed by atoms with van der Waals surface area (Å²) in [4.78, 5) is 4.47. The molecule has 0 saturated carbocycles. The number of rotatable bonds is 1. The van der Waals surface area contributed by atoms with Gasteiger partial charge in [0.2, 0.25) is 0 Å². The van der Waals surface area contributed by atoms with Crippen LogP contribution in [0.3, 0.4) is 0 Å². The van der Waals surface area contributed by atoms with Crippen LogP contribution in [0.4, 0.5) is 14.6 Å². The van der Waals surface area contributed by atoms with Crippen LogP contribution in [0, 0.1) is 11.6 Å². The highest BCUT2D eigenvalue weighted by Gasteiger charge is 2.24. The Balaban J connectivity index is 2.60. The molecular formula is C14H17F2N3. The molecule has 0 saturated heterocycles. The summed E-state index contributed by atoms with van der Waals surface area (Å²) >= 11 is 0. The molecule has 2 rings (SSSR count). The summed E-state index contributed by atoms with van der Waals surface area (Å²) in [6.07, 6.45) is 0. The van der Waals surface area contributed by atoms with E-state index in [4.69, 9.17) is 5.73 Å². The molecule has 1 aromatic carbocycles. The first kappa shape index (κ1) is 13.5. The largest absolute Gasteiger partial charge is 0.383 e. The lowest BCUT2D eigenvalue weighted by atomic mass is 9.96. The van der Waals surface area contributed by atoms with Crippen LogP contribution in [0.25, 0.3) is 11.3 Å². The molecule has 0 atom stereocenters. The molecule has 19 heavy (non-hydrogen) atoms. The molecule has 2 N–H and O–H groups in total. The van der Waals surface area contributed by atoms with Gasteiger partial charge in [0.05, 0.1) is 0 Å². The highest BCUT2D eigenvalue weighted by Crippen LogP contribution is 2.31. The van der Waals surface area contributed by atoms with Gasteiger partial charge in [-0.05, 0) is 18.2 Å². The Morgan fingerprint density at radius 3 is 2.26 bits per heavy atom. The van der Waals surface area contributed by atoms with Gasteiger partial charge in [-0.1, -0.05) is 20.8 Å². The Hall–Kier alpha value is -1.91. The average Bonchev–Trinajstić information content (AvgIpc) is 2.60. The van der Waals surface area contributed by atoms with Crippen LogP contribution in [0.1, 0.15) is 26.6 Å². The number of nitrogen functional groups attached to an aromatic ring is 1. The van der Waals surface area contributed by atoms with E-state index >= 15 is 0 Å². The first-order valence-electron chi connectivity index (χ1n) is 6.00. The highest BCUT2D eigenvalue weighted by atomic mass is 19.2. The van der Waals surface area contributed by atoms with E-state index in [-0.39, 0.29) is 5.41 Å². The third kappa shape index (κ3) is 2.32. The lowest BCUT2D eigenvalue weighted by Gasteiger charge is -2.17. The molecule has 1 heterocycles. The van der Waals surface area contributed by atoms with E-state index in [1.165, 1.54) is 6.07 Å². The third-order valence-electron chi connectivity index (χ3n) is 3.00. The summed E-state index contributed by atoms with van der Waals surface area (Å²) in [6, 6.07) is 3.67. The van der Waals surface area contributed by atoms with Crippen LogP contribution < -0.4 is 5.73 Å². The Morgan fingerprint density at radius 1 is 1.16 bits per heavy atom. The molecule has 2 aromatic rings. The number of nitrogens with two attached hydrogens (primary N) is 1. The van der Waals surface area contributed by atoms with Crippen LogP contribution in [0.2, 0.25) is 0 Å². The maximum Gasteiger partial charge on any atom is 0.159 e. The van der Waals surface area contributed by atoms with E-state index in [0.717, 1.165) is 18.0 Å². The number of hydrogen-bond acceptors (Lipinski definition) is 2. The predicted octanol–water partition coefficient (Wildman–Crippen LogP) is 3.25. The zero-order valence-corrected chi connectivity index (χ0v) is 11.5. The van der Waals surface area contributed by atoms with Crippen molar-refractivity contribution in [1.29, 1.82) is 0 Å². The standard InChI is InChI=1S/C14H17F2N3/c1-14(2,3)13-18-11(12(17)19(13)4)8-5-6-9(15)10(16)7-8/h5-7H,17H2,1-4H3. The lowest BCUT2D eigenvalue weighted by molar-refractivity contribution is 0.509. The fourth-order valence-electron chi connectivity index (χ4n) is 2.04. The summed E-state index contributed by atoms with van der Waals surface area (Å²) in [5, 5.41) is 0. The minimum Gasteiger partial charge on any atom is -0.383 e. The van der Waals surface area contributed by atoms with Crippen LogP contribution in [-0.2, 0) is 12.5 Å². The summed E-state index contributed by atoms with van der Waals surface area (Å²) < 4.78 is 28.0. The molecule has 0 aliphatic rings. The van der Waals surface area contributed by atoms with Crippen LogP contribution >= 0.6 is 0 Å². The molecular weight excluding hydrogens is 248 g/mol. The van der Waals surface area contributed by atoms with Crippen molar-refractivity contribution in [1.82, 2.24) is 9.55 Å². The summed E-state index contributed by atoms with van der Waals surface area (Å²) in [6.45, 7) is 6.05. The van der Waals surface area contributed by atoms with E-state index in [2.05, 4.69) is 4.98 Å². The fraction of sp³-hybridized carbons (Fsp3) is 0.357. The van der Waals surface area contributed by atoms with Gasteiger partial charge < -0.3 is 10.3 Å². The molecule has 0 amide bonds. The van der Waals surface area contributed by atoms with Gasteiger partial charge in [0.15, 0.2) is 11.6 Å². The van der Waals surface area contributed by atoms with Crippen molar-refractivity contribution in [3.05, 3.63) is 35.7 Å². The Morgan fingerprint density at radius 2 is 1.79 bits per heavy atom. The Kier molecular flexibility index (Phi) is 3.08. The third-order valence-corrected chi connectivity index (χ3v) is 3.00. The zero-order valence-electron chi connectivity index (χ0n) is 11.5. The summed E-state index contributed by atoms with van der Waals surface area (Å²) in [7, 11) is 1.81. The average molecular weight is 265 g/mol. The smallest absolute Gasteiger partial charge is 0.159 e. The van der Waals surface area contributed by atoms with Gasteiger partial charge in [-0.15, -0.1) is 0 Å². The molecule has 0 aliphatic carbocycles. The van der Waals surface area contributed by atoms with Crippen molar-refractivity contribution in [2.24, 2.45) is 7.05 Å². The second-order valence-electron chi connectivity index (χ2n) is 5.61. The maximum absolute atomic E-state index is 13.3. The molecule has 0 fully saturated rings. The van der Waals surface area contributed by atoms with Crippen LogP contribution in [-0.4, -0.2) is 9.55 Å². The molecule has 102 valence electrons. The van der Waals surface area contributed by atoms with Crippen molar-refractivity contribution in [2.45, 2.75) is 26.2 Å². The van der Waals surface area contributed by atoms with E-state index < -0.39 is 11.6 Å². The Labute approximate surface area is 111 Å². The van der Waals surface area contributed by atoms with Gasteiger partial charge in [-0.3, -0.25) is 0 Å². The van der Waals surface area contributed by atoms with Crippen molar-refractivity contribution >= 4 is 5.82 Å². The Bertz CT molecular complexity index is 624. The van der Waals surface area contributed by atoms with Gasteiger partial charge in [0.25, 0.3) is 0 Å². The normalized spacial score (nSPS) is 11.9. The molecule has 5 heteroatoms. The van der Waals surface area contributed by atoms with Crippen molar-refractivity contribution in [2.75, 3.05) is 5.73 Å². The molecule has 1 aromatic heterocycles. The van der Waals surface area contributed by atoms with Gasteiger partial charge >= 0.3 is 0 Å². The van der Waals surface area contributed by atoms with E-state index in [9.17, 15) is 8.78 Å².